The Morgan fingerprint density at radius 3 is 2.37 bits per heavy atom. The van der Waals surface area contributed by atoms with Gasteiger partial charge in [-0.15, -0.1) is 0 Å². The highest BCUT2D eigenvalue weighted by molar-refractivity contribution is 7.96. The summed E-state index contributed by atoms with van der Waals surface area (Å²) in [7, 11) is -4.11. The van der Waals surface area contributed by atoms with Gasteiger partial charge in [-0.1, -0.05) is 67.3 Å². The minimum atomic E-state index is -4.11. The van der Waals surface area contributed by atoms with Gasteiger partial charge in [0.1, 0.15) is 0 Å². The Kier molecular flexibility index (Phi) is 7.17. The van der Waals surface area contributed by atoms with Crippen molar-refractivity contribution >= 4 is 27.6 Å². The van der Waals surface area contributed by atoms with Gasteiger partial charge in [-0.2, -0.15) is 0 Å². The summed E-state index contributed by atoms with van der Waals surface area (Å²) in [5.74, 6) is 0.109. The van der Waals surface area contributed by atoms with Crippen molar-refractivity contribution in [2.24, 2.45) is 0 Å². The van der Waals surface area contributed by atoms with Crippen molar-refractivity contribution in [3.8, 4) is 5.75 Å². The summed E-state index contributed by atoms with van der Waals surface area (Å²) in [5.41, 5.74) is 2.87. The van der Waals surface area contributed by atoms with E-state index in [1.807, 2.05) is 53.4 Å². The van der Waals surface area contributed by atoms with E-state index in [0.29, 0.717) is 18.2 Å². The third-order valence-corrected chi connectivity index (χ3v) is 7.16. The number of nitrogens with zero attached hydrogens (tertiary/aromatic N) is 1. The molecule has 0 atom stereocenters. The van der Waals surface area contributed by atoms with E-state index in [0.717, 1.165) is 16.8 Å². The number of esters is 1. The van der Waals surface area contributed by atoms with Crippen molar-refractivity contribution in [2.45, 2.75) is 18.4 Å². The maximum atomic E-state index is 13.2. The molecule has 0 amide bonds. The monoisotopic (exact) mass is 487 g/mol. The fraction of sp³-hybridized carbons (Fsp3) is 0.107. The highest BCUT2D eigenvalue weighted by Gasteiger charge is 2.29. The van der Waals surface area contributed by atoms with E-state index < -0.39 is 20.7 Å². The molecule has 4 rings (SSSR count). The molecule has 1 heterocycles. The minimum Gasteiger partial charge on any atom is -0.462 e. The van der Waals surface area contributed by atoms with Crippen LogP contribution in [0.2, 0.25) is 0 Å². The van der Waals surface area contributed by atoms with Crippen LogP contribution in [0.15, 0.2) is 113 Å². The largest absolute Gasteiger partial charge is 0.462 e. The Labute approximate surface area is 205 Å². The standard InChI is InChI=1S/C28H25NO5S/c1-3-21-14-16-22(17-15-21)20-29-24-12-8-9-13-25(24)34-27(29)19-18-26(28(30)33-4-2)35(31,32)23-10-6-5-7-11-23/h3,5-19H,1,4,20H2,2H3/b26-18-,27-19-. The van der Waals surface area contributed by atoms with Gasteiger partial charge in [-0.3, -0.25) is 0 Å². The van der Waals surface area contributed by atoms with Crippen molar-refractivity contribution in [3.63, 3.8) is 0 Å². The van der Waals surface area contributed by atoms with Crippen LogP contribution in [0.4, 0.5) is 5.69 Å². The average Bonchev–Trinajstić information content (AvgIpc) is 3.22. The van der Waals surface area contributed by atoms with E-state index in [1.165, 1.54) is 24.3 Å². The number of para-hydroxylation sites is 2. The lowest BCUT2D eigenvalue weighted by Crippen LogP contribution is -2.20. The molecule has 0 unspecified atom stereocenters. The highest BCUT2D eigenvalue weighted by atomic mass is 32.2. The van der Waals surface area contributed by atoms with Crippen LogP contribution in [0.5, 0.6) is 5.75 Å². The molecule has 0 N–H and O–H groups in total. The van der Waals surface area contributed by atoms with Gasteiger partial charge in [0.05, 0.1) is 23.7 Å². The van der Waals surface area contributed by atoms with Crippen LogP contribution in [0.1, 0.15) is 18.1 Å². The number of carbonyl (C=O) groups excluding carboxylic acids is 1. The number of ether oxygens (including phenoxy) is 2. The van der Waals surface area contributed by atoms with E-state index in [1.54, 1.807) is 31.2 Å². The van der Waals surface area contributed by atoms with Gasteiger partial charge in [-0.25, -0.2) is 13.2 Å². The van der Waals surface area contributed by atoms with Gasteiger partial charge in [0.25, 0.3) is 0 Å². The molecule has 0 saturated heterocycles. The van der Waals surface area contributed by atoms with Crippen LogP contribution in [0, 0.1) is 0 Å². The first kappa shape index (κ1) is 24.0. The van der Waals surface area contributed by atoms with Crippen molar-refractivity contribution in [3.05, 3.63) is 120 Å². The van der Waals surface area contributed by atoms with Crippen LogP contribution in [0.25, 0.3) is 6.08 Å². The second-order valence-electron chi connectivity index (χ2n) is 7.67. The third kappa shape index (κ3) is 5.20. The molecule has 0 radical (unpaired) electrons. The van der Waals surface area contributed by atoms with Crippen LogP contribution < -0.4 is 9.64 Å². The molecule has 7 heteroatoms. The van der Waals surface area contributed by atoms with Crippen molar-refractivity contribution in [1.82, 2.24) is 0 Å². The zero-order chi connectivity index (χ0) is 24.8. The SMILES string of the molecule is C=Cc1ccc(CN2/C(=C/C=C(/C(=O)OCC)S(=O)(=O)c3ccccc3)Oc3ccccc32)cc1. The van der Waals surface area contributed by atoms with Gasteiger partial charge < -0.3 is 14.4 Å². The molecule has 1 aliphatic rings. The van der Waals surface area contributed by atoms with Crippen LogP contribution >= 0.6 is 0 Å². The Morgan fingerprint density at radius 1 is 1.00 bits per heavy atom. The molecule has 1 aliphatic heterocycles. The summed E-state index contributed by atoms with van der Waals surface area (Å²) in [5, 5.41) is 0. The zero-order valence-electron chi connectivity index (χ0n) is 19.3. The number of anilines is 1. The fourth-order valence-corrected chi connectivity index (χ4v) is 4.92. The Bertz CT molecular complexity index is 1390. The summed E-state index contributed by atoms with van der Waals surface area (Å²) in [6, 6.07) is 23.2. The molecule has 0 aromatic heterocycles. The molecular formula is C28H25NO5S. The molecule has 3 aromatic rings. The van der Waals surface area contributed by atoms with Gasteiger partial charge in [-0.05, 0) is 48.4 Å². The van der Waals surface area contributed by atoms with E-state index in [-0.39, 0.29) is 11.5 Å². The van der Waals surface area contributed by atoms with Crippen LogP contribution in [0.3, 0.4) is 0 Å². The predicted molar refractivity (Wildman–Crippen MR) is 136 cm³/mol. The average molecular weight is 488 g/mol. The van der Waals surface area contributed by atoms with Gasteiger partial charge in [0, 0.05) is 6.08 Å². The predicted octanol–water partition coefficient (Wildman–Crippen LogP) is 5.49. The first-order valence-corrected chi connectivity index (χ1v) is 12.6. The molecule has 0 saturated carbocycles. The zero-order valence-corrected chi connectivity index (χ0v) is 20.1. The summed E-state index contributed by atoms with van der Waals surface area (Å²) in [6.45, 7) is 5.93. The number of hydrogen-bond donors (Lipinski definition) is 0. The molecule has 0 bridgehead atoms. The summed E-state index contributed by atoms with van der Waals surface area (Å²) < 4.78 is 37.6. The van der Waals surface area contributed by atoms with Crippen molar-refractivity contribution in [1.29, 1.82) is 0 Å². The van der Waals surface area contributed by atoms with E-state index in [2.05, 4.69) is 6.58 Å². The maximum Gasteiger partial charge on any atom is 0.350 e. The first-order chi connectivity index (χ1) is 16.9. The second-order valence-corrected chi connectivity index (χ2v) is 9.59. The molecule has 6 nitrogen and oxygen atoms in total. The summed E-state index contributed by atoms with van der Waals surface area (Å²) in [6.07, 6.45) is 4.51. The van der Waals surface area contributed by atoms with E-state index >= 15 is 0 Å². The lowest BCUT2D eigenvalue weighted by Gasteiger charge is -2.18. The molecule has 0 aliphatic carbocycles. The number of hydrogen-bond acceptors (Lipinski definition) is 6. The molecule has 35 heavy (non-hydrogen) atoms. The van der Waals surface area contributed by atoms with Gasteiger partial charge in [0.15, 0.2) is 10.7 Å². The lowest BCUT2D eigenvalue weighted by atomic mass is 10.1. The summed E-state index contributed by atoms with van der Waals surface area (Å²) >= 11 is 0. The Hall–Kier alpha value is -4.10. The lowest BCUT2D eigenvalue weighted by molar-refractivity contribution is -0.137. The Balaban J connectivity index is 1.75. The van der Waals surface area contributed by atoms with Crippen molar-refractivity contribution in [2.75, 3.05) is 11.5 Å². The number of allylic oxidation sites excluding steroid dienone is 2. The number of sulfone groups is 1. The van der Waals surface area contributed by atoms with Crippen molar-refractivity contribution < 1.29 is 22.7 Å². The maximum absolute atomic E-state index is 13.2. The number of carbonyl (C=O) groups is 1. The highest BCUT2D eigenvalue weighted by Crippen LogP contribution is 2.39. The molecule has 178 valence electrons. The van der Waals surface area contributed by atoms with E-state index in [4.69, 9.17) is 9.47 Å². The molecule has 0 spiro atoms. The van der Waals surface area contributed by atoms with Crippen LogP contribution in [-0.2, 0) is 25.9 Å². The van der Waals surface area contributed by atoms with Gasteiger partial charge >= 0.3 is 5.97 Å². The molecule has 3 aromatic carbocycles. The normalized spacial score (nSPS) is 14.4. The quantitative estimate of drug-likeness (QED) is 0.309. The van der Waals surface area contributed by atoms with Gasteiger partial charge in [0.2, 0.25) is 15.7 Å². The number of fused-ring (bicyclic) bond motifs is 1. The molecular weight excluding hydrogens is 462 g/mol. The topological polar surface area (TPSA) is 72.9 Å². The number of benzene rings is 3. The second kappa shape index (κ2) is 10.4. The smallest absolute Gasteiger partial charge is 0.350 e. The minimum absolute atomic E-state index is 0.00694. The third-order valence-electron chi connectivity index (χ3n) is 5.39. The molecule has 0 fully saturated rings. The van der Waals surface area contributed by atoms with Crippen LogP contribution in [-0.4, -0.2) is 21.0 Å². The Morgan fingerprint density at radius 2 is 1.69 bits per heavy atom. The van der Waals surface area contributed by atoms with E-state index in [9.17, 15) is 13.2 Å². The number of rotatable bonds is 8. The first-order valence-electron chi connectivity index (χ1n) is 11.1. The summed E-state index contributed by atoms with van der Waals surface area (Å²) in [4.78, 5) is 14.1. The fourth-order valence-electron chi connectivity index (χ4n) is 3.62.